The van der Waals surface area contributed by atoms with Crippen LogP contribution >= 0.6 is 0 Å². The molecule has 0 aromatic carbocycles. The molecule has 1 aromatic rings. The molecule has 2 unspecified atom stereocenters. The summed E-state index contributed by atoms with van der Waals surface area (Å²) in [6.45, 7) is 2.51. The van der Waals surface area contributed by atoms with Gasteiger partial charge in [0.2, 0.25) is 0 Å². The highest BCUT2D eigenvalue weighted by Gasteiger charge is 2.30. The number of nitrogens with one attached hydrogen (secondary N) is 1. The Morgan fingerprint density at radius 2 is 2.32 bits per heavy atom. The topological polar surface area (TPSA) is 77.7 Å². The van der Waals surface area contributed by atoms with E-state index in [0.29, 0.717) is 11.9 Å². The maximum Gasteiger partial charge on any atom is 0.139 e. The summed E-state index contributed by atoms with van der Waals surface area (Å²) in [6.07, 6.45) is 2.45. The van der Waals surface area contributed by atoms with Crippen LogP contribution in [0.4, 0.5) is 5.82 Å². The standard InChI is InChI=1S/C13H23N5O/c1-17(2)8-11-5-12(19)9-18(11)7-10-3-4-13(16-14)15-6-10/h3-4,6,11-12,19H,5,7-9,14H2,1-2H3,(H,15,16). The zero-order valence-corrected chi connectivity index (χ0v) is 11.6. The highest BCUT2D eigenvalue weighted by Crippen LogP contribution is 2.21. The fraction of sp³-hybridized carbons (Fsp3) is 0.615. The minimum absolute atomic E-state index is 0.220. The molecule has 1 aromatic heterocycles. The van der Waals surface area contributed by atoms with Gasteiger partial charge in [0.1, 0.15) is 5.82 Å². The van der Waals surface area contributed by atoms with Crippen LogP contribution in [-0.4, -0.2) is 59.2 Å². The lowest BCUT2D eigenvalue weighted by Gasteiger charge is -2.26. The van der Waals surface area contributed by atoms with Gasteiger partial charge >= 0.3 is 0 Å². The summed E-state index contributed by atoms with van der Waals surface area (Å²) in [5.74, 6) is 5.96. The highest BCUT2D eigenvalue weighted by atomic mass is 16.3. The summed E-state index contributed by atoms with van der Waals surface area (Å²) in [7, 11) is 4.12. The highest BCUT2D eigenvalue weighted by molar-refractivity contribution is 5.33. The van der Waals surface area contributed by atoms with Gasteiger partial charge in [-0.25, -0.2) is 10.8 Å². The molecule has 2 heterocycles. The molecule has 0 bridgehead atoms. The second-order valence-corrected chi connectivity index (χ2v) is 5.43. The Labute approximate surface area is 114 Å². The number of aliphatic hydroxyl groups excluding tert-OH is 1. The number of nitrogens with two attached hydrogens (primary N) is 1. The van der Waals surface area contributed by atoms with E-state index in [1.165, 1.54) is 0 Å². The largest absolute Gasteiger partial charge is 0.392 e. The fourth-order valence-corrected chi connectivity index (χ4v) is 2.60. The fourth-order valence-electron chi connectivity index (χ4n) is 2.60. The van der Waals surface area contributed by atoms with E-state index in [9.17, 15) is 5.11 Å². The van der Waals surface area contributed by atoms with E-state index in [4.69, 9.17) is 5.84 Å². The van der Waals surface area contributed by atoms with Crippen LogP contribution in [0.1, 0.15) is 12.0 Å². The summed E-state index contributed by atoms with van der Waals surface area (Å²) < 4.78 is 0. The first kappa shape index (κ1) is 14.2. The molecule has 1 aliphatic heterocycles. The van der Waals surface area contributed by atoms with Crippen molar-refractivity contribution in [2.75, 3.05) is 32.6 Å². The molecular weight excluding hydrogens is 242 g/mol. The quantitative estimate of drug-likeness (QED) is 0.508. The van der Waals surface area contributed by atoms with Gasteiger partial charge in [-0.15, -0.1) is 0 Å². The SMILES string of the molecule is CN(C)CC1CC(O)CN1Cc1ccc(NN)nc1. The Balaban J connectivity index is 1.99. The van der Waals surface area contributed by atoms with Crippen LogP contribution in [0.3, 0.4) is 0 Å². The normalized spacial score (nSPS) is 24.1. The summed E-state index contributed by atoms with van der Waals surface area (Å²) in [4.78, 5) is 8.69. The van der Waals surface area contributed by atoms with E-state index in [-0.39, 0.29) is 6.10 Å². The van der Waals surface area contributed by atoms with Crippen LogP contribution in [0.2, 0.25) is 0 Å². The molecule has 0 saturated carbocycles. The second-order valence-electron chi connectivity index (χ2n) is 5.43. The van der Waals surface area contributed by atoms with Crippen molar-refractivity contribution in [3.63, 3.8) is 0 Å². The van der Waals surface area contributed by atoms with Crippen molar-refractivity contribution in [1.82, 2.24) is 14.8 Å². The summed E-state index contributed by atoms with van der Waals surface area (Å²) in [6, 6.07) is 4.28. The van der Waals surface area contributed by atoms with Crippen LogP contribution in [0.5, 0.6) is 0 Å². The number of aliphatic hydroxyl groups is 1. The summed E-state index contributed by atoms with van der Waals surface area (Å²) >= 11 is 0. The van der Waals surface area contributed by atoms with Crippen molar-refractivity contribution in [1.29, 1.82) is 0 Å². The molecule has 0 aliphatic carbocycles. The molecule has 1 saturated heterocycles. The molecular formula is C13H23N5O. The number of β-amino-alcohol motifs (C(OH)–C–C–N with tert-alkyl or cyclic N) is 1. The number of aromatic nitrogens is 1. The number of hydrazine groups is 1. The van der Waals surface area contributed by atoms with Crippen LogP contribution in [0.15, 0.2) is 18.3 Å². The van der Waals surface area contributed by atoms with E-state index >= 15 is 0 Å². The van der Waals surface area contributed by atoms with Crippen molar-refractivity contribution >= 4 is 5.82 Å². The molecule has 0 radical (unpaired) electrons. The zero-order valence-electron chi connectivity index (χ0n) is 11.6. The van der Waals surface area contributed by atoms with Gasteiger partial charge in [-0.3, -0.25) is 4.90 Å². The Morgan fingerprint density at radius 1 is 1.53 bits per heavy atom. The average Bonchev–Trinajstić information content (AvgIpc) is 2.69. The molecule has 1 aliphatic rings. The minimum atomic E-state index is -0.220. The van der Waals surface area contributed by atoms with E-state index in [0.717, 1.165) is 31.6 Å². The van der Waals surface area contributed by atoms with Crippen LogP contribution in [-0.2, 0) is 6.54 Å². The molecule has 4 N–H and O–H groups in total. The van der Waals surface area contributed by atoms with Crippen LogP contribution < -0.4 is 11.3 Å². The van der Waals surface area contributed by atoms with Gasteiger partial charge in [0.05, 0.1) is 6.10 Å². The lowest BCUT2D eigenvalue weighted by atomic mass is 10.2. The number of hydrogen-bond donors (Lipinski definition) is 3. The Morgan fingerprint density at radius 3 is 2.89 bits per heavy atom. The van der Waals surface area contributed by atoms with Gasteiger partial charge in [-0.05, 0) is 32.1 Å². The third-order valence-electron chi connectivity index (χ3n) is 3.44. The maximum absolute atomic E-state index is 9.84. The van der Waals surface area contributed by atoms with Gasteiger partial charge in [-0.2, -0.15) is 0 Å². The molecule has 1 fully saturated rings. The van der Waals surface area contributed by atoms with E-state index < -0.39 is 0 Å². The lowest BCUT2D eigenvalue weighted by molar-refractivity contribution is 0.169. The summed E-state index contributed by atoms with van der Waals surface area (Å²) in [5.41, 5.74) is 3.65. The molecule has 106 valence electrons. The first-order chi connectivity index (χ1) is 9.08. The van der Waals surface area contributed by atoms with Crippen molar-refractivity contribution in [3.05, 3.63) is 23.9 Å². The smallest absolute Gasteiger partial charge is 0.139 e. The monoisotopic (exact) mass is 265 g/mol. The predicted molar refractivity (Wildman–Crippen MR) is 75.4 cm³/mol. The molecule has 2 rings (SSSR count). The third kappa shape index (κ3) is 3.87. The first-order valence-electron chi connectivity index (χ1n) is 6.57. The average molecular weight is 265 g/mol. The predicted octanol–water partition coefficient (Wildman–Crippen LogP) is -0.136. The maximum atomic E-state index is 9.84. The van der Waals surface area contributed by atoms with Gasteiger partial charge in [0, 0.05) is 31.9 Å². The Hall–Kier alpha value is -1.21. The van der Waals surface area contributed by atoms with Gasteiger partial charge < -0.3 is 15.4 Å². The first-order valence-corrected chi connectivity index (χ1v) is 6.57. The number of anilines is 1. The van der Waals surface area contributed by atoms with Crippen LogP contribution in [0.25, 0.3) is 0 Å². The molecule has 0 amide bonds. The zero-order chi connectivity index (χ0) is 13.8. The number of nitrogen functional groups attached to an aromatic ring is 1. The lowest BCUT2D eigenvalue weighted by Crippen LogP contribution is -2.37. The summed E-state index contributed by atoms with van der Waals surface area (Å²) in [5, 5.41) is 9.84. The number of likely N-dealkylation sites (tertiary alicyclic amines) is 1. The number of likely N-dealkylation sites (N-methyl/N-ethyl adjacent to an activating group) is 1. The molecule has 2 atom stereocenters. The third-order valence-corrected chi connectivity index (χ3v) is 3.44. The molecule has 19 heavy (non-hydrogen) atoms. The van der Waals surface area contributed by atoms with Crippen molar-refractivity contribution < 1.29 is 5.11 Å². The number of nitrogens with zero attached hydrogens (tertiary/aromatic N) is 3. The second kappa shape index (κ2) is 6.29. The number of rotatable bonds is 5. The Bertz CT molecular complexity index is 395. The number of hydrogen-bond acceptors (Lipinski definition) is 6. The van der Waals surface area contributed by atoms with Crippen LogP contribution in [0, 0.1) is 0 Å². The Kier molecular flexibility index (Phi) is 4.71. The van der Waals surface area contributed by atoms with Gasteiger partial charge in [-0.1, -0.05) is 6.07 Å². The molecule has 6 heteroatoms. The van der Waals surface area contributed by atoms with E-state index in [1.54, 1.807) is 0 Å². The van der Waals surface area contributed by atoms with Gasteiger partial charge in [0.15, 0.2) is 0 Å². The van der Waals surface area contributed by atoms with E-state index in [2.05, 4.69) is 34.3 Å². The van der Waals surface area contributed by atoms with Crippen molar-refractivity contribution in [3.8, 4) is 0 Å². The van der Waals surface area contributed by atoms with Crippen molar-refractivity contribution in [2.24, 2.45) is 5.84 Å². The molecule has 0 spiro atoms. The molecule has 6 nitrogen and oxygen atoms in total. The number of pyridine rings is 1. The van der Waals surface area contributed by atoms with Crippen molar-refractivity contribution in [2.45, 2.75) is 25.1 Å². The minimum Gasteiger partial charge on any atom is -0.392 e. The van der Waals surface area contributed by atoms with Gasteiger partial charge in [0.25, 0.3) is 0 Å². The van der Waals surface area contributed by atoms with E-state index in [1.807, 2.05) is 18.3 Å².